The van der Waals surface area contributed by atoms with E-state index in [1.165, 1.54) is 11.1 Å². The lowest BCUT2D eigenvalue weighted by Gasteiger charge is -2.03. The summed E-state index contributed by atoms with van der Waals surface area (Å²) in [6.45, 7) is 0. The summed E-state index contributed by atoms with van der Waals surface area (Å²) < 4.78 is 5.11. The molecule has 1 radical (unpaired) electrons. The highest BCUT2D eigenvalue weighted by atomic mass is 16.5. The van der Waals surface area contributed by atoms with Crippen LogP contribution in [0.3, 0.4) is 0 Å². The van der Waals surface area contributed by atoms with Crippen molar-refractivity contribution in [2.24, 2.45) is 0 Å². The van der Waals surface area contributed by atoms with Gasteiger partial charge in [-0.3, -0.25) is 0 Å². The first-order valence-corrected chi connectivity index (χ1v) is 4.97. The third-order valence-electron chi connectivity index (χ3n) is 2.33. The summed E-state index contributed by atoms with van der Waals surface area (Å²) in [5.74, 6) is 0.899. The average Bonchev–Trinajstić information content (AvgIpc) is 2.31. The average molecular weight is 197 g/mol. The number of methoxy groups -OCH3 is 1. The number of hydrogen-bond acceptors (Lipinski definition) is 1. The molecule has 0 bridgehead atoms. The van der Waals surface area contributed by atoms with Gasteiger partial charge in [0.15, 0.2) is 0 Å². The lowest BCUT2D eigenvalue weighted by atomic mass is 10.1. The third kappa shape index (κ3) is 2.59. The van der Waals surface area contributed by atoms with Crippen molar-refractivity contribution >= 4 is 0 Å². The molecule has 0 aliphatic heterocycles. The maximum absolute atomic E-state index is 5.11. The molecule has 0 fully saturated rings. The van der Waals surface area contributed by atoms with E-state index in [0.29, 0.717) is 0 Å². The standard InChI is InChI=1S/C14H13O/c1-15-14-9-7-13(8-10-14)11-12-5-3-2-4-6-12/h2-5,7-10H,11H2,1H3. The van der Waals surface area contributed by atoms with Crippen LogP contribution in [0, 0.1) is 6.07 Å². The summed E-state index contributed by atoms with van der Waals surface area (Å²) in [5.41, 5.74) is 2.49. The predicted octanol–water partition coefficient (Wildman–Crippen LogP) is 3.09. The number of ether oxygens (including phenoxy) is 1. The van der Waals surface area contributed by atoms with Gasteiger partial charge in [-0.2, -0.15) is 0 Å². The minimum atomic E-state index is 0.899. The normalized spacial score (nSPS) is 9.93. The first-order valence-electron chi connectivity index (χ1n) is 4.97. The van der Waals surface area contributed by atoms with Crippen molar-refractivity contribution in [3.05, 3.63) is 65.7 Å². The molecular weight excluding hydrogens is 184 g/mol. The second-order valence-corrected chi connectivity index (χ2v) is 3.41. The van der Waals surface area contributed by atoms with E-state index in [4.69, 9.17) is 4.74 Å². The van der Waals surface area contributed by atoms with Gasteiger partial charge in [0.05, 0.1) is 7.11 Å². The van der Waals surface area contributed by atoms with E-state index >= 15 is 0 Å². The van der Waals surface area contributed by atoms with Crippen molar-refractivity contribution in [3.63, 3.8) is 0 Å². The molecule has 0 amide bonds. The molecule has 0 saturated heterocycles. The fourth-order valence-corrected chi connectivity index (χ4v) is 1.50. The summed E-state index contributed by atoms with van der Waals surface area (Å²) in [4.78, 5) is 0. The minimum absolute atomic E-state index is 0.899. The Morgan fingerprint density at radius 3 is 2.47 bits per heavy atom. The number of rotatable bonds is 3. The van der Waals surface area contributed by atoms with Gasteiger partial charge in [0.25, 0.3) is 0 Å². The summed E-state index contributed by atoms with van der Waals surface area (Å²) in [6.07, 6.45) is 0.921. The van der Waals surface area contributed by atoms with Gasteiger partial charge < -0.3 is 4.74 Å². The Morgan fingerprint density at radius 2 is 1.87 bits per heavy atom. The van der Waals surface area contributed by atoms with Crippen molar-refractivity contribution in [2.45, 2.75) is 6.42 Å². The van der Waals surface area contributed by atoms with Gasteiger partial charge in [0, 0.05) is 0 Å². The molecule has 15 heavy (non-hydrogen) atoms. The van der Waals surface area contributed by atoms with Crippen molar-refractivity contribution in [2.75, 3.05) is 7.11 Å². The topological polar surface area (TPSA) is 9.23 Å². The lowest BCUT2D eigenvalue weighted by Crippen LogP contribution is -1.88. The van der Waals surface area contributed by atoms with E-state index in [1.807, 2.05) is 30.3 Å². The van der Waals surface area contributed by atoms with Gasteiger partial charge in [-0.05, 0) is 35.7 Å². The monoisotopic (exact) mass is 197 g/mol. The first-order chi connectivity index (χ1) is 7.38. The molecule has 0 atom stereocenters. The fraction of sp³-hybridized carbons (Fsp3) is 0.143. The van der Waals surface area contributed by atoms with Gasteiger partial charge in [-0.15, -0.1) is 0 Å². The van der Waals surface area contributed by atoms with Gasteiger partial charge in [-0.1, -0.05) is 36.4 Å². The van der Waals surface area contributed by atoms with Crippen LogP contribution in [0.15, 0.2) is 48.5 Å². The quantitative estimate of drug-likeness (QED) is 0.734. The van der Waals surface area contributed by atoms with Crippen LogP contribution in [0.2, 0.25) is 0 Å². The smallest absolute Gasteiger partial charge is 0.118 e. The zero-order chi connectivity index (χ0) is 10.5. The van der Waals surface area contributed by atoms with E-state index in [1.54, 1.807) is 7.11 Å². The molecule has 0 aliphatic rings. The Balaban J connectivity index is 2.11. The molecule has 0 spiro atoms. The van der Waals surface area contributed by atoms with Crippen LogP contribution in [-0.4, -0.2) is 7.11 Å². The van der Waals surface area contributed by atoms with E-state index in [2.05, 4.69) is 24.3 Å². The third-order valence-corrected chi connectivity index (χ3v) is 2.33. The highest BCUT2D eigenvalue weighted by Gasteiger charge is 1.96. The Kier molecular flexibility index (Phi) is 3.03. The molecule has 0 aromatic heterocycles. The van der Waals surface area contributed by atoms with Gasteiger partial charge in [0.1, 0.15) is 5.75 Å². The van der Waals surface area contributed by atoms with Crippen molar-refractivity contribution < 1.29 is 4.74 Å². The van der Waals surface area contributed by atoms with Crippen LogP contribution in [0.5, 0.6) is 5.75 Å². The number of hydrogen-bond donors (Lipinski definition) is 0. The summed E-state index contributed by atoms with van der Waals surface area (Å²) in [7, 11) is 1.68. The van der Waals surface area contributed by atoms with E-state index < -0.39 is 0 Å². The Morgan fingerprint density at radius 1 is 1.07 bits per heavy atom. The Bertz CT molecular complexity index is 403. The molecule has 0 N–H and O–H groups in total. The zero-order valence-corrected chi connectivity index (χ0v) is 8.73. The van der Waals surface area contributed by atoms with Crippen LogP contribution < -0.4 is 4.74 Å². The number of benzene rings is 2. The molecule has 0 heterocycles. The molecule has 2 aromatic rings. The van der Waals surface area contributed by atoms with Crippen LogP contribution in [0.25, 0.3) is 0 Å². The fourth-order valence-electron chi connectivity index (χ4n) is 1.50. The first kappa shape index (κ1) is 9.78. The second-order valence-electron chi connectivity index (χ2n) is 3.41. The van der Waals surface area contributed by atoms with Crippen molar-refractivity contribution in [1.29, 1.82) is 0 Å². The van der Waals surface area contributed by atoms with E-state index in [9.17, 15) is 0 Å². The zero-order valence-electron chi connectivity index (χ0n) is 8.73. The van der Waals surface area contributed by atoms with Crippen LogP contribution >= 0.6 is 0 Å². The molecule has 1 nitrogen and oxygen atoms in total. The highest BCUT2D eigenvalue weighted by molar-refractivity contribution is 5.30. The maximum Gasteiger partial charge on any atom is 0.118 e. The summed E-state index contributed by atoms with van der Waals surface area (Å²) in [5, 5.41) is 0. The van der Waals surface area contributed by atoms with Crippen LogP contribution in [0.1, 0.15) is 11.1 Å². The van der Waals surface area contributed by atoms with Crippen LogP contribution in [0.4, 0.5) is 0 Å². The van der Waals surface area contributed by atoms with Crippen LogP contribution in [-0.2, 0) is 6.42 Å². The molecule has 2 aromatic carbocycles. The highest BCUT2D eigenvalue weighted by Crippen LogP contribution is 2.14. The Labute approximate surface area is 90.3 Å². The molecule has 75 valence electrons. The summed E-state index contributed by atoms with van der Waals surface area (Å²) in [6, 6.07) is 19.4. The van der Waals surface area contributed by atoms with E-state index in [-0.39, 0.29) is 0 Å². The van der Waals surface area contributed by atoms with Gasteiger partial charge in [0.2, 0.25) is 0 Å². The van der Waals surface area contributed by atoms with Crippen molar-refractivity contribution in [3.8, 4) is 5.75 Å². The predicted molar refractivity (Wildman–Crippen MR) is 61.1 cm³/mol. The SMILES string of the molecule is COc1ccc(Cc2[c]cccc2)cc1. The maximum atomic E-state index is 5.11. The molecular formula is C14H13O. The lowest BCUT2D eigenvalue weighted by molar-refractivity contribution is 0.414. The molecule has 0 saturated carbocycles. The Hall–Kier alpha value is -1.76. The van der Waals surface area contributed by atoms with Gasteiger partial charge >= 0.3 is 0 Å². The minimum Gasteiger partial charge on any atom is -0.497 e. The molecule has 1 heteroatoms. The van der Waals surface area contributed by atoms with Crippen molar-refractivity contribution in [1.82, 2.24) is 0 Å². The van der Waals surface area contributed by atoms with Gasteiger partial charge in [-0.25, -0.2) is 0 Å². The largest absolute Gasteiger partial charge is 0.497 e. The molecule has 0 unspecified atom stereocenters. The molecule has 2 rings (SSSR count). The molecule has 0 aliphatic carbocycles. The summed E-state index contributed by atoms with van der Waals surface area (Å²) >= 11 is 0. The van der Waals surface area contributed by atoms with E-state index in [0.717, 1.165) is 12.2 Å². The second kappa shape index (κ2) is 4.65.